The molecule has 1 aliphatic heterocycles. The minimum absolute atomic E-state index is 0.108. The summed E-state index contributed by atoms with van der Waals surface area (Å²) >= 11 is 1.30. The summed E-state index contributed by atoms with van der Waals surface area (Å²) in [5.74, 6) is 0.346. The summed E-state index contributed by atoms with van der Waals surface area (Å²) < 4.78 is 32.4. The summed E-state index contributed by atoms with van der Waals surface area (Å²) in [7, 11) is -3.44. The van der Waals surface area contributed by atoms with Crippen LogP contribution in [-0.2, 0) is 21.2 Å². The predicted octanol–water partition coefficient (Wildman–Crippen LogP) is 4.17. The number of nitrogens with one attached hydrogen (secondary N) is 1. The third-order valence-electron chi connectivity index (χ3n) is 5.30. The number of rotatable bonds is 8. The third kappa shape index (κ3) is 5.17. The zero-order chi connectivity index (χ0) is 22.6. The molecule has 3 aromatic rings. The van der Waals surface area contributed by atoms with Crippen LogP contribution < -0.4 is 10.1 Å². The molecule has 0 radical (unpaired) electrons. The minimum Gasteiger partial charge on any atom is -0.484 e. The van der Waals surface area contributed by atoms with Crippen molar-refractivity contribution in [1.29, 1.82) is 0 Å². The fourth-order valence-corrected chi connectivity index (χ4v) is 5.72. The molecule has 1 fully saturated rings. The Morgan fingerprint density at radius 3 is 2.44 bits per heavy atom. The highest BCUT2D eigenvalue weighted by Crippen LogP contribution is 2.27. The van der Waals surface area contributed by atoms with Crippen LogP contribution in [0.4, 0.5) is 5.13 Å². The first-order valence-corrected chi connectivity index (χ1v) is 12.9. The van der Waals surface area contributed by atoms with Crippen molar-refractivity contribution in [2.75, 3.05) is 25.0 Å². The normalized spacial score (nSPS) is 14.4. The third-order valence-corrected chi connectivity index (χ3v) is 7.98. The van der Waals surface area contributed by atoms with Crippen molar-refractivity contribution in [2.24, 2.45) is 0 Å². The van der Waals surface area contributed by atoms with Gasteiger partial charge in [0, 0.05) is 24.0 Å². The molecule has 1 saturated heterocycles. The lowest BCUT2D eigenvalue weighted by Gasteiger charge is -2.15. The molecule has 1 N–H and O–H groups in total. The summed E-state index contributed by atoms with van der Waals surface area (Å²) in [6, 6.07) is 14.3. The van der Waals surface area contributed by atoms with Gasteiger partial charge in [-0.15, -0.1) is 11.3 Å². The highest BCUT2D eigenvalue weighted by molar-refractivity contribution is 7.89. The number of hydrogen-bond donors (Lipinski definition) is 1. The van der Waals surface area contributed by atoms with Crippen LogP contribution in [0.1, 0.15) is 25.3 Å². The lowest BCUT2D eigenvalue weighted by Crippen LogP contribution is -2.27. The van der Waals surface area contributed by atoms with Crippen LogP contribution in [0, 0.1) is 0 Å². The monoisotopic (exact) mass is 471 g/mol. The number of carbonyl (C=O) groups is 1. The Bertz CT molecular complexity index is 1170. The van der Waals surface area contributed by atoms with Crippen LogP contribution >= 0.6 is 11.3 Å². The van der Waals surface area contributed by atoms with Gasteiger partial charge in [0.25, 0.3) is 5.91 Å². The summed E-state index contributed by atoms with van der Waals surface area (Å²) in [6.45, 7) is 3.12. The molecule has 9 heteroatoms. The van der Waals surface area contributed by atoms with Gasteiger partial charge in [0.2, 0.25) is 10.0 Å². The van der Waals surface area contributed by atoms with E-state index in [1.807, 2.05) is 29.6 Å². The molecule has 32 heavy (non-hydrogen) atoms. The number of nitrogens with zero attached hydrogens (tertiary/aromatic N) is 2. The molecule has 4 rings (SSSR count). The van der Waals surface area contributed by atoms with Crippen LogP contribution in [0.25, 0.3) is 11.3 Å². The van der Waals surface area contributed by atoms with Crippen molar-refractivity contribution >= 4 is 32.4 Å². The average Bonchev–Trinajstić information content (AvgIpc) is 3.51. The van der Waals surface area contributed by atoms with Crippen molar-refractivity contribution in [3.8, 4) is 17.0 Å². The molecule has 1 aliphatic rings. The number of hydrogen-bond acceptors (Lipinski definition) is 6. The van der Waals surface area contributed by atoms with Gasteiger partial charge in [-0.25, -0.2) is 13.4 Å². The Labute approximate surface area is 192 Å². The summed E-state index contributed by atoms with van der Waals surface area (Å²) in [5, 5.41) is 5.02. The number of aryl methyl sites for hydroxylation is 1. The molecule has 2 aromatic carbocycles. The quantitative estimate of drug-likeness (QED) is 0.533. The Morgan fingerprint density at radius 2 is 1.78 bits per heavy atom. The highest BCUT2D eigenvalue weighted by atomic mass is 32.2. The van der Waals surface area contributed by atoms with E-state index in [1.54, 1.807) is 24.3 Å². The van der Waals surface area contributed by atoms with Gasteiger partial charge in [0.1, 0.15) is 5.75 Å². The van der Waals surface area contributed by atoms with Gasteiger partial charge in [-0.2, -0.15) is 4.31 Å². The van der Waals surface area contributed by atoms with E-state index in [-0.39, 0.29) is 17.4 Å². The SMILES string of the molecule is CCc1ccc(OCC(=O)Nc2nc(-c3ccc(S(=O)(=O)N4CCCC4)cc3)cs2)cc1. The van der Waals surface area contributed by atoms with Crippen molar-refractivity contribution in [2.45, 2.75) is 31.1 Å². The van der Waals surface area contributed by atoms with Gasteiger partial charge in [-0.1, -0.05) is 31.2 Å². The summed E-state index contributed by atoms with van der Waals surface area (Å²) in [4.78, 5) is 16.9. The number of carbonyl (C=O) groups excluding carboxylic acids is 1. The largest absolute Gasteiger partial charge is 0.484 e. The number of benzene rings is 2. The number of thiazole rings is 1. The van der Waals surface area contributed by atoms with Gasteiger partial charge in [0.05, 0.1) is 10.6 Å². The fourth-order valence-electron chi connectivity index (χ4n) is 3.46. The second-order valence-electron chi connectivity index (χ2n) is 7.51. The van der Waals surface area contributed by atoms with Gasteiger partial charge < -0.3 is 4.74 Å². The molecule has 0 saturated carbocycles. The lowest BCUT2D eigenvalue weighted by atomic mass is 10.2. The first kappa shape index (κ1) is 22.4. The average molecular weight is 472 g/mol. The number of anilines is 1. The predicted molar refractivity (Wildman–Crippen MR) is 125 cm³/mol. The molecule has 0 atom stereocenters. The second-order valence-corrected chi connectivity index (χ2v) is 10.3. The van der Waals surface area contributed by atoms with Gasteiger partial charge >= 0.3 is 0 Å². The standard InChI is InChI=1S/C23H25N3O4S2/c1-2-17-5-9-19(10-6-17)30-15-22(27)25-23-24-21(16-31-23)18-7-11-20(12-8-18)32(28,29)26-13-3-4-14-26/h5-12,16H,2-4,13-15H2,1H3,(H,24,25,27). The smallest absolute Gasteiger partial charge is 0.264 e. The Kier molecular flexibility index (Phi) is 6.88. The Balaban J connectivity index is 1.35. The van der Waals surface area contributed by atoms with E-state index < -0.39 is 10.0 Å². The maximum atomic E-state index is 12.7. The van der Waals surface area contributed by atoms with Crippen molar-refractivity contribution in [1.82, 2.24) is 9.29 Å². The summed E-state index contributed by atoms with van der Waals surface area (Å²) in [5.41, 5.74) is 2.67. The Hall–Kier alpha value is -2.75. The number of ether oxygens (including phenoxy) is 1. The molecule has 7 nitrogen and oxygen atoms in total. The van der Waals surface area contributed by atoms with Gasteiger partial charge in [-0.3, -0.25) is 10.1 Å². The molecule has 2 heterocycles. The molecular formula is C23H25N3O4S2. The van der Waals surface area contributed by atoms with E-state index >= 15 is 0 Å². The van der Waals surface area contributed by atoms with Crippen molar-refractivity contribution in [3.63, 3.8) is 0 Å². The molecule has 168 valence electrons. The first-order valence-electron chi connectivity index (χ1n) is 10.5. The van der Waals surface area contributed by atoms with Crippen LogP contribution in [0.15, 0.2) is 58.8 Å². The highest BCUT2D eigenvalue weighted by Gasteiger charge is 2.27. The zero-order valence-corrected chi connectivity index (χ0v) is 19.4. The lowest BCUT2D eigenvalue weighted by molar-refractivity contribution is -0.118. The van der Waals surface area contributed by atoms with E-state index in [9.17, 15) is 13.2 Å². The molecule has 1 aromatic heterocycles. The fraction of sp³-hybridized carbons (Fsp3) is 0.304. The second kappa shape index (κ2) is 9.81. The topological polar surface area (TPSA) is 88.6 Å². The minimum atomic E-state index is -3.44. The van der Waals surface area contributed by atoms with E-state index in [1.165, 1.54) is 21.2 Å². The molecule has 1 amide bonds. The van der Waals surface area contributed by atoms with Crippen LogP contribution in [0.5, 0.6) is 5.75 Å². The zero-order valence-electron chi connectivity index (χ0n) is 17.8. The summed E-state index contributed by atoms with van der Waals surface area (Å²) in [6.07, 6.45) is 2.76. The van der Waals surface area contributed by atoms with E-state index in [4.69, 9.17) is 4.74 Å². The van der Waals surface area contributed by atoms with Crippen molar-refractivity contribution in [3.05, 3.63) is 59.5 Å². The van der Waals surface area contributed by atoms with E-state index in [0.29, 0.717) is 29.7 Å². The van der Waals surface area contributed by atoms with E-state index in [0.717, 1.165) is 24.8 Å². The molecule has 0 aliphatic carbocycles. The van der Waals surface area contributed by atoms with Crippen molar-refractivity contribution < 1.29 is 17.9 Å². The molecule has 0 unspecified atom stereocenters. The molecular weight excluding hydrogens is 446 g/mol. The maximum Gasteiger partial charge on any atom is 0.264 e. The Morgan fingerprint density at radius 1 is 1.09 bits per heavy atom. The van der Waals surface area contributed by atoms with Gasteiger partial charge in [-0.05, 0) is 49.1 Å². The maximum absolute atomic E-state index is 12.7. The first-order chi connectivity index (χ1) is 15.5. The molecule has 0 spiro atoms. The number of aromatic nitrogens is 1. The number of amides is 1. The molecule has 0 bridgehead atoms. The van der Waals surface area contributed by atoms with E-state index in [2.05, 4.69) is 17.2 Å². The van der Waals surface area contributed by atoms with Crippen LogP contribution in [-0.4, -0.2) is 43.3 Å². The van der Waals surface area contributed by atoms with Gasteiger partial charge in [0.15, 0.2) is 11.7 Å². The van der Waals surface area contributed by atoms with Crippen LogP contribution in [0.2, 0.25) is 0 Å². The van der Waals surface area contributed by atoms with Crippen LogP contribution in [0.3, 0.4) is 0 Å². The number of sulfonamides is 1.